The van der Waals surface area contributed by atoms with Gasteiger partial charge in [-0.15, -0.1) is 11.8 Å². The summed E-state index contributed by atoms with van der Waals surface area (Å²) in [5, 5.41) is 1.66. The SMILES string of the molecule is O=c1cc(CSc2ccc(S(=O)(=O)N3CCOCC3)cn2)c2cc3c(cc2o1)CCC3. The molecule has 7 nitrogen and oxygen atoms in total. The molecule has 1 aliphatic carbocycles. The van der Waals surface area contributed by atoms with Crippen molar-refractivity contribution in [2.45, 2.75) is 34.9 Å². The predicted octanol–water partition coefficient (Wildman–Crippen LogP) is 2.99. The molecule has 0 N–H and O–H groups in total. The Balaban J connectivity index is 1.36. The van der Waals surface area contributed by atoms with Crippen LogP contribution in [0.4, 0.5) is 0 Å². The molecule has 1 aliphatic heterocycles. The minimum atomic E-state index is -3.56. The molecule has 5 rings (SSSR count). The Kier molecular flexibility index (Phi) is 5.60. The van der Waals surface area contributed by atoms with E-state index in [9.17, 15) is 13.2 Å². The maximum atomic E-state index is 12.7. The Morgan fingerprint density at radius 2 is 1.84 bits per heavy atom. The van der Waals surface area contributed by atoms with Gasteiger partial charge in [-0.1, -0.05) is 0 Å². The van der Waals surface area contributed by atoms with E-state index >= 15 is 0 Å². The highest BCUT2D eigenvalue weighted by Crippen LogP contribution is 2.31. The number of ether oxygens (including phenoxy) is 1. The molecular weight excluding hydrogens is 436 g/mol. The molecule has 0 radical (unpaired) electrons. The van der Waals surface area contributed by atoms with Gasteiger partial charge in [0.2, 0.25) is 10.0 Å². The van der Waals surface area contributed by atoms with Crippen molar-refractivity contribution in [1.29, 1.82) is 0 Å². The van der Waals surface area contributed by atoms with Crippen LogP contribution in [0.25, 0.3) is 11.0 Å². The maximum Gasteiger partial charge on any atom is 0.336 e. The Morgan fingerprint density at radius 3 is 2.58 bits per heavy atom. The Hall–Kier alpha value is -2.20. The summed E-state index contributed by atoms with van der Waals surface area (Å²) in [7, 11) is -3.56. The Labute approximate surface area is 184 Å². The number of aryl methyl sites for hydroxylation is 2. The van der Waals surface area contributed by atoms with Crippen LogP contribution in [0.3, 0.4) is 0 Å². The standard InChI is InChI=1S/C22H22N2O5S2/c25-22-12-17(19-10-15-2-1-3-16(15)11-20(19)29-22)14-30-21-5-4-18(13-23-21)31(26,27)24-6-8-28-9-7-24/h4-5,10-13H,1-3,6-9,14H2. The highest BCUT2D eigenvalue weighted by Gasteiger charge is 2.26. The lowest BCUT2D eigenvalue weighted by Crippen LogP contribution is -2.40. The van der Waals surface area contributed by atoms with Gasteiger partial charge in [-0.25, -0.2) is 18.2 Å². The van der Waals surface area contributed by atoms with Crippen LogP contribution in [0, 0.1) is 0 Å². The van der Waals surface area contributed by atoms with Gasteiger partial charge >= 0.3 is 5.63 Å². The number of benzene rings is 1. The molecule has 162 valence electrons. The van der Waals surface area contributed by atoms with Gasteiger partial charge in [0, 0.05) is 36.5 Å². The van der Waals surface area contributed by atoms with Crippen LogP contribution in [0.15, 0.2) is 55.7 Å². The summed E-state index contributed by atoms with van der Waals surface area (Å²) in [6.07, 6.45) is 4.61. The van der Waals surface area contributed by atoms with Gasteiger partial charge in [0.25, 0.3) is 0 Å². The molecule has 0 bridgehead atoms. The second kappa shape index (κ2) is 8.38. The Morgan fingerprint density at radius 1 is 1.06 bits per heavy atom. The molecular formula is C22H22N2O5S2. The van der Waals surface area contributed by atoms with Gasteiger partial charge in [0.1, 0.15) is 10.5 Å². The normalized spacial score (nSPS) is 17.2. The lowest BCUT2D eigenvalue weighted by atomic mass is 10.0. The molecule has 3 heterocycles. The number of hydrogen-bond donors (Lipinski definition) is 0. The molecule has 1 fully saturated rings. The molecule has 0 amide bonds. The van der Waals surface area contributed by atoms with Crippen molar-refractivity contribution in [3.05, 3.63) is 63.6 Å². The second-order valence-electron chi connectivity index (χ2n) is 7.70. The largest absolute Gasteiger partial charge is 0.423 e. The molecule has 1 saturated heterocycles. The number of pyridine rings is 1. The summed E-state index contributed by atoms with van der Waals surface area (Å²) in [5.41, 5.74) is 3.75. The molecule has 31 heavy (non-hydrogen) atoms. The van der Waals surface area contributed by atoms with Crippen molar-refractivity contribution in [1.82, 2.24) is 9.29 Å². The van der Waals surface area contributed by atoms with Gasteiger partial charge in [-0.05, 0) is 60.2 Å². The number of morpholine rings is 1. The average Bonchev–Trinajstić information content (AvgIpc) is 3.24. The number of rotatable bonds is 5. The fraction of sp³-hybridized carbons (Fsp3) is 0.364. The molecule has 0 unspecified atom stereocenters. The third kappa shape index (κ3) is 4.15. The van der Waals surface area contributed by atoms with Gasteiger partial charge in [0.05, 0.1) is 18.2 Å². The number of thioether (sulfide) groups is 1. The average molecular weight is 459 g/mol. The van der Waals surface area contributed by atoms with Gasteiger partial charge in [0.15, 0.2) is 0 Å². The van der Waals surface area contributed by atoms with Crippen LogP contribution >= 0.6 is 11.8 Å². The second-order valence-corrected chi connectivity index (χ2v) is 10.6. The zero-order valence-electron chi connectivity index (χ0n) is 16.9. The van der Waals surface area contributed by atoms with Crippen LogP contribution in [0.2, 0.25) is 0 Å². The van der Waals surface area contributed by atoms with Crippen molar-refractivity contribution in [2.24, 2.45) is 0 Å². The predicted molar refractivity (Wildman–Crippen MR) is 118 cm³/mol. The van der Waals surface area contributed by atoms with Crippen LogP contribution in [-0.4, -0.2) is 44.0 Å². The summed E-state index contributed by atoms with van der Waals surface area (Å²) in [4.78, 5) is 16.6. The summed E-state index contributed by atoms with van der Waals surface area (Å²) in [6, 6.07) is 8.97. The number of hydrogen-bond acceptors (Lipinski definition) is 7. The first-order valence-electron chi connectivity index (χ1n) is 10.3. The van der Waals surface area contributed by atoms with E-state index in [0.29, 0.717) is 42.7 Å². The van der Waals surface area contributed by atoms with E-state index in [-0.39, 0.29) is 10.5 Å². The molecule has 2 aliphatic rings. The number of fused-ring (bicyclic) bond motifs is 2. The van der Waals surface area contributed by atoms with Crippen LogP contribution in [-0.2, 0) is 33.4 Å². The van der Waals surface area contributed by atoms with E-state index in [4.69, 9.17) is 9.15 Å². The maximum absolute atomic E-state index is 12.7. The van der Waals surface area contributed by atoms with E-state index in [1.807, 2.05) is 6.07 Å². The summed E-state index contributed by atoms with van der Waals surface area (Å²) >= 11 is 1.47. The monoisotopic (exact) mass is 458 g/mol. The molecule has 0 spiro atoms. The van der Waals surface area contributed by atoms with Crippen LogP contribution < -0.4 is 5.63 Å². The molecule has 3 aromatic rings. The van der Waals surface area contributed by atoms with Crippen LogP contribution in [0.5, 0.6) is 0 Å². The van der Waals surface area contributed by atoms with E-state index in [1.165, 1.54) is 39.5 Å². The number of nitrogens with zero attached hydrogens (tertiary/aromatic N) is 2. The summed E-state index contributed by atoms with van der Waals surface area (Å²) < 4.78 is 37.6. The zero-order valence-corrected chi connectivity index (χ0v) is 18.5. The van der Waals surface area contributed by atoms with Gasteiger partial charge in [-0.3, -0.25) is 0 Å². The van der Waals surface area contributed by atoms with Gasteiger partial charge < -0.3 is 9.15 Å². The van der Waals surface area contributed by atoms with Crippen molar-refractivity contribution in [3.8, 4) is 0 Å². The van der Waals surface area contributed by atoms with Crippen molar-refractivity contribution in [2.75, 3.05) is 26.3 Å². The van der Waals surface area contributed by atoms with E-state index < -0.39 is 10.0 Å². The molecule has 2 aromatic heterocycles. The summed E-state index contributed by atoms with van der Waals surface area (Å²) in [6.45, 7) is 1.52. The first-order chi connectivity index (χ1) is 15.0. The zero-order chi connectivity index (χ0) is 21.4. The topological polar surface area (TPSA) is 89.7 Å². The smallest absolute Gasteiger partial charge is 0.336 e. The van der Waals surface area contributed by atoms with Crippen molar-refractivity contribution < 1.29 is 17.6 Å². The first-order valence-corrected chi connectivity index (χ1v) is 12.7. The third-order valence-corrected chi connectivity index (χ3v) is 8.61. The number of aromatic nitrogens is 1. The first kappa shape index (κ1) is 20.7. The minimum Gasteiger partial charge on any atom is -0.423 e. The molecule has 1 aromatic carbocycles. The third-order valence-electron chi connectivity index (χ3n) is 5.74. The molecule has 0 saturated carbocycles. The number of sulfonamides is 1. The van der Waals surface area contributed by atoms with E-state index in [1.54, 1.807) is 12.1 Å². The molecule has 0 atom stereocenters. The highest BCUT2D eigenvalue weighted by molar-refractivity contribution is 7.98. The minimum absolute atomic E-state index is 0.181. The van der Waals surface area contributed by atoms with Crippen molar-refractivity contribution >= 4 is 32.8 Å². The van der Waals surface area contributed by atoms with Crippen LogP contribution in [0.1, 0.15) is 23.1 Å². The van der Waals surface area contributed by atoms with Gasteiger partial charge in [-0.2, -0.15) is 4.31 Å². The van der Waals surface area contributed by atoms with E-state index in [0.717, 1.165) is 30.2 Å². The molecule has 9 heteroatoms. The lowest BCUT2D eigenvalue weighted by Gasteiger charge is -2.25. The quantitative estimate of drug-likeness (QED) is 0.429. The fourth-order valence-electron chi connectivity index (χ4n) is 4.11. The fourth-order valence-corrected chi connectivity index (χ4v) is 6.29. The lowest BCUT2D eigenvalue weighted by molar-refractivity contribution is 0.0730. The highest BCUT2D eigenvalue weighted by atomic mass is 32.2. The summed E-state index contributed by atoms with van der Waals surface area (Å²) in [5.74, 6) is 0.545. The van der Waals surface area contributed by atoms with E-state index in [2.05, 4.69) is 11.1 Å². The Bertz CT molecular complexity index is 1280. The van der Waals surface area contributed by atoms with Crippen molar-refractivity contribution in [3.63, 3.8) is 0 Å².